The first kappa shape index (κ1) is 15.6. The second kappa shape index (κ2) is 6.45. The van der Waals surface area contributed by atoms with Crippen molar-refractivity contribution in [1.29, 1.82) is 0 Å². The normalized spacial score (nSPS) is 16.4. The molecule has 122 valence electrons. The van der Waals surface area contributed by atoms with Crippen molar-refractivity contribution in [2.45, 2.75) is 13.0 Å². The molecule has 1 aliphatic rings. The molecule has 2 aromatic rings. The van der Waals surface area contributed by atoms with E-state index in [9.17, 15) is 4.79 Å². The Bertz CT molecular complexity index is 716. The van der Waals surface area contributed by atoms with E-state index < -0.39 is 0 Å². The van der Waals surface area contributed by atoms with Crippen LogP contribution in [0.5, 0.6) is 5.75 Å². The summed E-state index contributed by atoms with van der Waals surface area (Å²) in [7, 11) is 3.59. The highest BCUT2D eigenvalue weighted by Crippen LogP contribution is 2.30. The van der Waals surface area contributed by atoms with Crippen molar-refractivity contribution >= 4 is 23.5 Å². The van der Waals surface area contributed by atoms with Crippen molar-refractivity contribution in [2.75, 3.05) is 25.6 Å². The Balaban J connectivity index is 1.58. The predicted octanol–water partition coefficient (Wildman–Crippen LogP) is 2.08. The number of nitrogens with zero attached hydrogens (tertiary/aromatic N) is 3. The van der Waals surface area contributed by atoms with E-state index in [0.29, 0.717) is 17.4 Å². The topological polar surface area (TPSA) is 77.7 Å². The first-order chi connectivity index (χ1) is 11.0. The van der Waals surface area contributed by atoms with Crippen LogP contribution in [-0.2, 0) is 22.6 Å². The van der Waals surface area contributed by atoms with Crippen LogP contribution in [0.1, 0.15) is 11.5 Å². The summed E-state index contributed by atoms with van der Waals surface area (Å²) >= 11 is 5.97. The van der Waals surface area contributed by atoms with Gasteiger partial charge in [-0.05, 0) is 35.3 Å². The molecule has 3 rings (SSSR count). The summed E-state index contributed by atoms with van der Waals surface area (Å²) in [5.41, 5.74) is 0.901. The average Bonchev–Trinajstić information content (AvgIpc) is 3.01. The van der Waals surface area contributed by atoms with Gasteiger partial charge in [0.05, 0.1) is 5.92 Å². The van der Waals surface area contributed by atoms with Gasteiger partial charge in [-0.3, -0.25) is 4.79 Å². The summed E-state index contributed by atoms with van der Waals surface area (Å²) in [6.45, 7) is 0.221. The molecule has 0 saturated heterocycles. The molecule has 0 fully saturated rings. The zero-order chi connectivity index (χ0) is 16.4. The standard InChI is InChI=1S/C15H16ClN3O4/c1-19(2)15-17-13(23-18-15)8-22-14(20)10-5-9-6-11(16)3-4-12(9)21-7-10/h3-4,6,10H,5,7-8H2,1-2H3/t10-/m1/s1. The Morgan fingerprint density at radius 3 is 3.04 bits per heavy atom. The van der Waals surface area contributed by atoms with Gasteiger partial charge in [0, 0.05) is 19.1 Å². The van der Waals surface area contributed by atoms with Gasteiger partial charge in [-0.25, -0.2) is 0 Å². The highest BCUT2D eigenvalue weighted by molar-refractivity contribution is 6.30. The largest absolute Gasteiger partial charge is 0.492 e. The summed E-state index contributed by atoms with van der Waals surface area (Å²) in [5, 5.41) is 4.37. The molecule has 0 aliphatic carbocycles. The Kier molecular flexibility index (Phi) is 4.38. The van der Waals surface area contributed by atoms with Crippen molar-refractivity contribution in [3.8, 4) is 5.75 Å². The summed E-state index contributed by atoms with van der Waals surface area (Å²) in [6.07, 6.45) is 0.529. The van der Waals surface area contributed by atoms with Gasteiger partial charge in [0.15, 0.2) is 6.61 Å². The summed E-state index contributed by atoms with van der Waals surface area (Å²) in [5.74, 6) is 0.700. The first-order valence-electron chi connectivity index (χ1n) is 7.10. The molecule has 1 aromatic carbocycles. The van der Waals surface area contributed by atoms with E-state index in [1.54, 1.807) is 37.2 Å². The molecule has 0 spiro atoms. The maximum atomic E-state index is 12.2. The minimum absolute atomic E-state index is 0.0570. The molecule has 0 radical (unpaired) electrons. The fourth-order valence-corrected chi connectivity index (χ4v) is 2.45. The Hall–Kier alpha value is -2.28. The lowest BCUT2D eigenvalue weighted by Gasteiger charge is -2.23. The molecule has 0 saturated carbocycles. The van der Waals surface area contributed by atoms with Crippen LogP contribution in [0.15, 0.2) is 22.7 Å². The number of benzene rings is 1. The highest BCUT2D eigenvalue weighted by Gasteiger charge is 2.28. The van der Waals surface area contributed by atoms with Gasteiger partial charge in [0.25, 0.3) is 11.8 Å². The molecule has 1 aliphatic heterocycles. The van der Waals surface area contributed by atoms with E-state index in [1.165, 1.54) is 0 Å². The van der Waals surface area contributed by atoms with E-state index in [-0.39, 0.29) is 31.0 Å². The third kappa shape index (κ3) is 3.56. The number of hydrogen-bond donors (Lipinski definition) is 0. The molecule has 0 amide bonds. The van der Waals surface area contributed by atoms with Gasteiger partial charge in [0.1, 0.15) is 12.4 Å². The molecular formula is C15H16ClN3O4. The summed E-state index contributed by atoms with van der Waals surface area (Å²) < 4.78 is 15.8. The molecule has 0 unspecified atom stereocenters. The monoisotopic (exact) mass is 337 g/mol. The van der Waals surface area contributed by atoms with E-state index in [0.717, 1.165) is 11.3 Å². The van der Waals surface area contributed by atoms with Crippen molar-refractivity contribution < 1.29 is 18.8 Å². The zero-order valence-electron chi connectivity index (χ0n) is 12.8. The maximum absolute atomic E-state index is 12.2. The van der Waals surface area contributed by atoms with Gasteiger partial charge >= 0.3 is 5.97 Å². The number of rotatable bonds is 4. The van der Waals surface area contributed by atoms with Gasteiger partial charge in [-0.1, -0.05) is 11.6 Å². The molecule has 1 aromatic heterocycles. The molecule has 23 heavy (non-hydrogen) atoms. The lowest BCUT2D eigenvalue weighted by Crippen LogP contribution is -2.29. The molecule has 0 N–H and O–H groups in total. The molecule has 7 nitrogen and oxygen atoms in total. The van der Waals surface area contributed by atoms with E-state index in [1.807, 2.05) is 0 Å². The maximum Gasteiger partial charge on any atom is 0.313 e. The van der Waals surface area contributed by atoms with Crippen molar-refractivity contribution in [2.24, 2.45) is 5.92 Å². The Morgan fingerprint density at radius 2 is 2.30 bits per heavy atom. The Morgan fingerprint density at radius 1 is 1.48 bits per heavy atom. The average molecular weight is 338 g/mol. The predicted molar refractivity (Wildman–Crippen MR) is 82.6 cm³/mol. The number of hydrogen-bond acceptors (Lipinski definition) is 7. The molecular weight excluding hydrogens is 322 g/mol. The number of ether oxygens (including phenoxy) is 2. The fourth-order valence-electron chi connectivity index (χ4n) is 2.25. The van der Waals surface area contributed by atoms with Crippen molar-refractivity contribution in [3.05, 3.63) is 34.7 Å². The second-order valence-electron chi connectivity index (χ2n) is 5.45. The third-order valence-corrected chi connectivity index (χ3v) is 3.69. The molecule has 2 heterocycles. The van der Waals surface area contributed by atoms with E-state index >= 15 is 0 Å². The number of anilines is 1. The van der Waals surface area contributed by atoms with Gasteiger partial charge < -0.3 is 18.9 Å². The van der Waals surface area contributed by atoms with Crippen LogP contribution in [0, 0.1) is 5.92 Å². The minimum atomic E-state index is -0.378. The molecule has 1 atom stereocenters. The fraction of sp³-hybridized carbons (Fsp3) is 0.400. The van der Waals surface area contributed by atoms with Crippen molar-refractivity contribution in [3.63, 3.8) is 0 Å². The van der Waals surface area contributed by atoms with Gasteiger partial charge in [0.2, 0.25) is 0 Å². The van der Waals surface area contributed by atoms with Gasteiger partial charge in [-0.2, -0.15) is 4.98 Å². The van der Waals surface area contributed by atoms with Crippen molar-refractivity contribution in [1.82, 2.24) is 10.1 Å². The summed E-state index contributed by atoms with van der Waals surface area (Å²) in [4.78, 5) is 18.0. The van der Waals surface area contributed by atoms with E-state index in [2.05, 4.69) is 10.1 Å². The third-order valence-electron chi connectivity index (χ3n) is 3.46. The smallest absolute Gasteiger partial charge is 0.313 e. The number of esters is 1. The van der Waals surface area contributed by atoms with Crippen LogP contribution in [0.3, 0.4) is 0 Å². The lowest BCUT2D eigenvalue weighted by atomic mass is 9.97. The summed E-state index contributed by atoms with van der Waals surface area (Å²) in [6, 6.07) is 5.37. The quantitative estimate of drug-likeness (QED) is 0.790. The number of halogens is 1. The molecule has 0 bridgehead atoms. The van der Waals surface area contributed by atoms with Gasteiger partial charge in [-0.15, -0.1) is 0 Å². The minimum Gasteiger partial charge on any atom is -0.492 e. The van der Waals surface area contributed by atoms with Crippen LogP contribution in [0.25, 0.3) is 0 Å². The number of carbonyl (C=O) groups excluding carboxylic acids is 1. The number of fused-ring (bicyclic) bond motifs is 1. The van der Waals surface area contributed by atoms with Crippen LogP contribution in [0.4, 0.5) is 5.95 Å². The second-order valence-corrected chi connectivity index (χ2v) is 5.89. The molecule has 8 heteroatoms. The highest BCUT2D eigenvalue weighted by atomic mass is 35.5. The number of carbonyl (C=O) groups is 1. The van der Waals surface area contributed by atoms with E-state index in [4.69, 9.17) is 25.6 Å². The van der Waals surface area contributed by atoms with Crippen LogP contribution in [0.2, 0.25) is 5.02 Å². The number of aromatic nitrogens is 2. The first-order valence-corrected chi connectivity index (χ1v) is 7.48. The zero-order valence-corrected chi connectivity index (χ0v) is 13.5. The van der Waals surface area contributed by atoms with Crippen LogP contribution < -0.4 is 9.64 Å². The Labute approximate surface area is 138 Å². The lowest BCUT2D eigenvalue weighted by molar-refractivity contribution is -0.152. The SMILES string of the molecule is CN(C)c1noc(COC(=O)[C@H]2COc3ccc(Cl)cc3C2)n1. The van der Waals surface area contributed by atoms with Crippen LogP contribution in [-0.4, -0.2) is 36.8 Å². The van der Waals surface area contributed by atoms with Crippen LogP contribution >= 0.6 is 11.6 Å².